The summed E-state index contributed by atoms with van der Waals surface area (Å²) in [6.07, 6.45) is -3.18. The van der Waals surface area contributed by atoms with Crippen molar-refractivity contribution in [2.45, 2.75) is 25.2 Å². The van der Waals surface area contributed by atoms with Gasteiger partial charge in [0, 0.05) is 7.05 Å². The van der Waals surface area contributed by atoms with Crippen molar-refractivity contribution in [3.05, 3.63) is 52.6 Å². The summed E-state index contributed by atoms with van der Waals surface area (Å²) in [6.45, 7) is 1.22. The van der Waals surface area contributed by atoms with Crippen LogP contribution in [-0.4, -0.2) is 26.4 Å². The number of halogens is 4. The summed E-state index contributed by atoms with van der Waals surface area (Å²) in [5.74, 6) is -0.298. The fourth-order valence-electron chi connectivity index (χ4n) is 2.76. The van der Waals surface area contributed by atoms with Crippen LogP contribution in [0.25, 0.3) is 0 Å². The molecule has 10 heteroatoms. The van der Waals surface area contributed by atoms with Crippen molar-refractivity contribution in [1.29, 1.82) is 0 Å². The third kappa shape index (κ3) is 2.92. The molecule has 0 spiro atoms. The van der Waals surface area contributed by atoms with Crippen LogP contribution in [0.5, 0.6) is 0 Å². The number of nitrogens with one attached hydrogen (secondary N) is 1. The van der Waals surface area contributed by atoms with Gasteiger partial charge in [0.25, 0.3) is 5.91 Å². The van der Waals surface area contributed by atoms with E-state index in [4.69, 9.17) is 11.6 Å². The van der Waals surface area contributed by atoms with Crippen molar-refractivity contribution in [1.82, 2.24) is 19.8 Å². The molecule has 3 rings (SSSR count). The highest BCUT2D eigenvalue weighted by atomic mass is 35.5. The van der Waals surface area contributed by atoms with Crippen LogP contribution >= 0.6 is 11.6 Å². The van der Waals surface area contributed by atoms with Gasteiger partial charge in [0.05, 0.1) is 18.3 Å². The van der Waals surface area contributed by atoms with Gasteiger partial charge >= 0.3 is 12.2 Å². The van der Waals surface area contributed by atoms with Crippen LogP contribution in [0.3, 0.4) is 0 Å². The van der Waals surface area contributed by atoms with E-state index in [2.05, 4.69) is 10.3 Å². The van der Waals surface area contributed by atoms with Crippen molar-refractivity contribution in [3.63, 3.8) is 0 Å². The Labute approximate surface area is 151 Å². The lowest BCUT2D eigenvalue weighted by Crippen LogP contribution is -2.41. The van der Waals surface area contributed by atoms with Gasteiger partial charge < -0.3 is 9.88 Å². The Morgan fingerprint density at radius 3 is 2.58 bits per heavy atom. The quantitative estimate of drug-likeness (QED) is 0.824. The van der Waals surface area contributed by atoms with Crippen molar-refractivity contribution < 1.29 is 22.8 Å². The number of imide groups is 1. The number of imidazole rings is 1. The Morgan fingerprint density at radius 2 is 2.00 bits per heavy atom. The molecule has 1 unspecified atom stereocenters. The van der Waals surface area contributed by atoms with Gasteiger partial charge in [-0.1, -0.05) is 23.7 Å². The predicted octanol–water partition coefficient (Wildman–Crippen LogP) is 3.06. The van der Waals surface area contributed by atoms with Crippen LogP contribution < -0.4 is 5.32 Å². The average molecular weight is 387 g/mol. The van der Waals surface area contributed by atoms with Crippen molar-refractivity contribution in [2.75, 3.05) is 0 Å². The molecule has 0 radical (unpaired) electrons. The summed E-state index contributed by atoms with van der Waals surface area (Å²) < 4.78 is 40.4. The first kappa shape index (κ1) is 18.2. The van der Waals surface area contributed by atoms with Crippen LogP contribution in [0, 0.1) is 0 Å². The number of carbonyl (C=O) groups is 2. The van der Waals surface area contributed by atoms with Crippen molar-refractivity contribution >= 4 is 23.5 Å². The molecule has 2 aromatic rings. The number of urea groups is 1. The zero-order chi connectivity index (χ0) is 19.3. The molecule has 1 fully saturated rings. The highest BCUT2D eigenvalue weighted by molar-refractivity contribution is 6.29. The monoisotopic (exact) mass is 386 g/mol. The van der Waals surface area contributed by atoms with Gasteiger partial charge in [0.1, 0.15) is 16.5 Å². The normalized spacial score (nSPS) is 20.6. The molecule has 1 aromatic carbocycles. The molecule has 1 aliphatic heterocycles. The van der Waals surface area contributed by atoms with Gasteiger partial charge in [-0.15, -0.1) is 0 Å². The Hall–Kier alpha value is -2.55. The summed E-state index contributed by atoms with van der Waals surface area (Å²) in [4.78, 5) is 30.0. The molecule has 1 atom stereocenters. The molecule has 138 valence electrons. The molecule has 1 N–H and O–H groups in total. The summed E-state index contributed by atoms with van der Waals surface area (Å²) in [6, 6.07) is 3.62. The third-order valence-corrected chi connectivity index (χ3v) is 4.72. The maximum Gasteiger partial charge on any atom is 0.416 e. The van der Waals surface area contributed by atoms with Gasteiger partial charge in [-0.2, -0.15) is 13.2 Å². The lowest BCUT2D eigenvalue weighted by molar-refractivity contribution is -0.138. The number of hydrogen-bond donors (Lipinski definition) is 1. The number of rotatable bonds is 3. The highest BCUT2D eigenvalue weighted by Gasteiger charge is 2.49. The van der Waals surface area contributed by atoms with Gasteiger partial charge in [-0.05, 0) is 24.6 Å². The van der Waals surface area contributed by atoms with E-state index in [9.17, 15) is 22.8 Å². The molecule has 0 aliphatic carbocycles. The number of carbonyl (C=O) groups excluding carboxylic acids is 2. The van der Waals surface area contributed by atoms with E-state index in [0.29, 0.717) is 11.0 Å². The number of aromatic nitrogens is 2. The second kappa shape index (κ2) is 6.01. The highest BCUT2D eigenvalue weighted by Crippen LogP contribution is 2.35. The average Bonchev–Trinajstić information content (AvgIpc) is 3.00. The second-order valence-corrected chi connectivity index (χ2v) is 6.47. The molecule has 3 amide bonds. The zero-order valence-electron chi connectivity index (χ0n) is 13.8. The number of nitrogens with zero attached hydrogens (tertiary/aromatic N) is 3. The van der Waals surface area contributed by atoms with Crippen molar-refractivity contribution in [2.24, 2.45) is 7.05 Å². The largest absolute Gasteiger partial charge is 0.416 e. The minimum Gasteiger partial charge on any atom is -0.321 e. The Morgan fingerprint density at radius 1 is 1.31 bits per heavy atom. The molecule has 0 bridgehead atoms. The Kier molecular flexibility index (Phi) is 4.22. The molecule has 0 saturated carbocycles. The van der Waals surface area contributed by atoms with Crippen LogP contribution in [-0.2, 0) is 30.1 Å². The van der Waals surface area contributed by atoms with Crippen LogP contribution in [0.1, 0.15) is 23.9 Å². The van der Waals surface area contributed by atoms with E-state index in [1.54, 1.807) is 7.05 Å². The maximum absolute atomic E-state index is 13.0. The standard InChI is InChI=1S/C16H14ClF3N4O2/c1-15(9-4-3-5-10(6-9)16(18,19)20)13(25)24(14(26)22-15)8-12-21-7-11(17)23(12)2/h3-7H,8H2,1-2H3,(H,22,26). The van der Waals surface area contributed by atoms with Gasteiger partial charge in [-0.3, -0.25) is 9.69 Å². The smallest absolute Gasteiger partial charge is 0.321 e. The third-order valence-electron chi connectivity index (χ3n) is 4.37. The topological polar surface area (TPSA) is 67.2 Å². The van der Waals surface area contributed by atoms with Crippen LogP contribution in [0.2, 0.25) is 5.15 Å². The van der Waals surface area contributed by atoms with E-state index in [-0.39, 0.29) is 12.1 Å². The molecule has 1 saturated heterocycles. The van der Waals surface area contributed by atoms with E-state index in [1.165, 1.54) is 29.8 Å². The molecule has 1 aliphatic rings. The maximum atomic E-state index is 13.0. The fourth-order valence-corrected chi connectivity index (χ4v) is 2.90. The molecular formula is C16H14ClF3N4O2. The molecule has 6 nitrogen and oxygen atoms in total. The lowest BCUT2D eigenvalue weighted by atomic mass is 9.90. The van der Waals surface area contributed by atoms with Gasteiger partial charge in [0.2, 0.25) is 0 Å². The first-order chi connectivity index (χ1) is 12.0. The zero-order valence-corrected chi connectivity index (χ0v) is 14.5. The van der Waals surface area contributed by atoms with Gasteiger partial charge in [0.15, 0.2) is 0 Å². The van der Waals surface area contributed by atoms with Crippen LogP contribution in [0.15, 0.2) is 30.5 Å². The van der Waals surface area contributed by atoms with E-state index < -0.39 is 29.2 Å². The molecular weight excluding hydrogens is 373 g/mol. The summed E-state index contributed by atoms with van der Waals surface area (Å²) in [5.41, 5.74) is -2.45. The predicted molar refractivity (Wildman–Crippen MR) is 86.1 cm³/mol. The lowest BCUT2D eigenvalue weighted by Gasteiger charge is -2.23. The fraction of sp³-hybridized carbons (Fsp3) is 0.312. The molecule has 1 aromatic heterocycles. The number of benzene rings is 1. The summed E-state index contributed by atoms with van der Waals surface area (Å²) >= 11 is 5.89. The number of hydrogen-bond acceptors (Lipinski definition) is 3. The van der Waals surface area contributed by atoms with Gasteiger partial charge in [-0.25, -0.2) is 9.78 Å². The Balaban J connectivity index is 1.93. The second-order valence-electron chi connectivity index (χ2n) is 6.08. The van der Waals surface area contributed by atoms with E-state index in [1.807, 2.05) is 0 Å². The minimum atomic E-state index is -4.55. The van der Waals surface area contributed by atoms with E-state index in [0.717, 1.165) is 17.0 Å². The first-order valence-corrected chi connectivity index (χ1v) is 7.90. The Bertz CT molecular complexity index is 896. The molecule has 26 heavy (non-hydrogen) atoms. The van der Waals surface area contributed by atoms with E-state index >= 15 is 0 Å². The number of alkyl halides is 3. The minimum absolute atomic E-state index is 0.0473. The van der Waals surface area contributed by atoms with Crippen LogP contribution in [0.4, 0.5) is 18.0 Å². The van der Waals surface area contributed by atoms with Crippen molar-refractivity contribution in [3.8, 4) is 0 Å². The molecule has 2 heterocycles. The summed E-state index contributed by atoms with van der Waals surface area (Å²) in [7, 11) is 1.62. The SMILES string of the molecule is Cn1c(Cl)cnc1CN1C(=O)NC(C)(c2cccc(C(F)(F)F)c2)C1=O. The summed E-state index contributed by atoms with van der Waals surface area (Å²) in [5, 5.41) is 2.80. The first-order valence-electron chi connectivity index (χ1n) is 7.52. The number of amides is 3.